The lowest BCUT2D eigenvalue weighted by Crippen LogP contribution is -2.52. The number of hydrogen-bond donors (Lipinski definition) is 2. The molecule has 2 aliphatic rings. The van der Waals surface area contributed by atoms with Crippen LogP contribution in [0.5, 0.6) is 0 Å². The van der Waals surface area contributed by atoms with Crippen molar-refractivity contribution in [2.24, 2.45) is 0 Å². The molecule has 3 amide bonds. The minimum absolute atomic E-state index is 0.0530. The van der Waals surface area contributed by atoms with Crippen LogP contribution >= 0.6 is 0 Å². The lowest BCUT2D eigenvalue weighted by Gasteiger charge is -2.34. The molecule has 3 rings (SSSR count). The average Bonchev–Trinajstić information content (AvgIpc) is 3.35. The summed E-state index contributed by atoms with van der Waals surface area (Å²) >= 11 is 0. The second-order valence-corrected chi connectivity index (χ2v) is 6.52. The summed E-state index contributed by atoms with van der Waals surface area (Å²) in [4.78, 5) is 27.8. The summed E-state index contributed by atoms with van der Waals surface area (Å²) in [7, 11) is 0. The van der Waals surface area contributed by atoms with Crippen LogP contribution < -0.4 is 10.6 Å². The van der Waals surface area contributed by atoms with E-state index in [0.29, 0.717) is 38.8 Å². The zero-order chi connectivity index (χ0) is 17.1. The van der Waals surface area contributed by atoms with Crippen LogP contribution in [0.4, 0.5) is 14.9 Å². The Hall–Kier alpha value is -2.15. The molecule has 1 aliphatic heterocycles. The van der Waals surface area contributed by atoms with Gasteiger partial charge in [0.15, 0.2) is 0 Å². The molecule has 0 unspecified atom stereocenters. The first-order chi connectivity index (χ1) is 11.5. The molecule has 1 heterocycles. The van der Waals surface area contributed by atoms with Crippen LogP contribution in [0, 0.1) is 12.7 Å². The molecule has 1 aromatic rings. The Kier molecular flexibility index (Phi) is 4.99. The van der Waals surface area contributed by atoms with Gasteiger partial charge in [-0.3, -0.25) is 9.69 Å². The van der Waals surface area contributed by atoms with E-state index in [9.17, 15) is 14.0 Å². The first-order valence-corrected chi connectivity index (χ1v) is 8.35. The number of nitrogens with zero attached hydrogens (tertiary/aromatic N) is 2. The summed E-state index contributed by atoms with van der Waals surface area (Å²) < 4.78 is 13.7. The van der Waals surface area contributed by atoms with Crippen molar-refractivity contribution in [3.05, 3.63) is 29.6 Å². The predicted molar refractivity (Wildman–Crippen MR) is 89.3 cm³/mol. The van der Waals surface area contributed by atoms with Gasteiger partial charge in [0, 0.05) is 32.2 Å². The Labute approximate surface area is 141 Å². The zero-order valence-electron chi connectivity index (χ0n) is 13.8. The first kappa shape index (κ1) is 16.7. The summed E-state index contributed by atoms with van der Waals surface area (Å²) in [5.74, 6) is -0.387. The molecule has 1 saturated heterocycles. The zero-order valence-corrected chi connectivity index (χ0v) is 13.8. The van der Waals surface area contributed by atoms with Crippen molar-refractivity contribution in [3.63, 3.8) is 0 Å². The number of hydrogen-bond acceptors (Lipinski definition) is 3. The van der Waals surface area contributed by atoms with Crippen molar-refractivity contribution >= 4 is 17.6 Å². The van der Waals surface area contributed by atoms with Crippen LogP contribution in [-0.4, -0.2) is 60.5 Å². The fourth-order valence-electron chi connectivity index (χ4n) is 2.74. The molecule has 1 saturated carbocycles. The highest BCUT2D eigenvalue weighted by Crippen LogP contribution is 2.19. The van der Waals surface area contributed by atoms with Gasteiger partial charge in [0.05, 0.1) is 12.2 Å². The van der Waals surface area contributed by atoms with Crippen molar-refractivity contribution < 1.29 is 14.0 Å². The van der Waals surface area contributed by atoms with Crippen LogP contribution in [-0.2, 0) is 4.79 Å². The molecule has 0 bridgehead atoms. The number of benzene rings is 1. The van der Waals surface area contributed by atoms with E-state index in [2.05, 4.69) is 10.6 Å². The molecule has 0 radical (unpaired) electrons. The summed E-state index contributed by atoms with van der Waals surface area (Å²) in [6.45, 7) is 4.55. The van der Waals surface area contributed by atoms with Gasteiger partial charge in [-0.25, -0.2) is 9.18 Å². The van der Waals surface area contributed by atoms with E-state index in [0.717, 1.165) is 18.4 Å². The van der Waals surface area contributed by atoms with Crippen LogP contribution in [0.3, 0.4) is 0 Å². The number of halogens is 1. The van der Waals surface area contributed by atoms with E-state index in [1.54, 1.807) is 17.0 Å². The smallest absolute Gasteiger partial charge is 0.322 e. The molecule has 2 N–H and O–H groups in total. The van der Waals surface area contributed by atoms with Gasteiger partial charge in [0.25, 0.3) is 0 Å². The van der Waals surface area contributed by atoms with Crippen molar-refractivity contribution in [2.75, 3.05) is 38.0 Å². The molecule has 1 aromatic carbocycles. The number of aryl methyl sites for hydroxylation is 1. The number of rotatable bonds is 4. The molecule has 6 nitrogen and oxygen atoms in total. The first-order valence-electron chi connectivity index (χ1n) is 8.35. The largest absolute Gasteiger partial charge is 0.352 e. The van der Waals surface area contributed by atoms with Crippen LogP contribution in [0.2, 0.25) is 0 Å². The molecule has 0 aromatic heterocycles. The van der Waals surface area contributed by atoms with Gasteiger partial charge in [-0.1, -0.05) is 6.07 Å². The quantitative estimate of drug-likeness (QED) is 0.878. The van der Waals surface area contributed by atoms with Crippen molar-refractivity contribution in [1.82, 2.24) is 15.1 Å². The summed E-state index contributed by atoms with van der Waals surface area (Å²) in [6, 6.07) is 4.69. The molecule has 1 aliphatic carbocycles. The fourth-order valence-corrected chi connectivity index (χ4v) is 2.74. The molecule has 24 heavy (non-hydrogen) atoms. The van der Waals surface area contributed by atoms with Gasteiger partial charge in [0.1, 0.15) is 5.82 Å². The maximum absolute atomic E-state index is 13.7. The third-order valence-electron chi connectivity index (χ3n) is 4.33. The van der Waals surface area contributed by atoms with Gasteiger partial charge in [0.2, 0.25) is 5.91 Å². The topological polar surface area (TPSA) is 64.7 Å². The third kappa shape index (κ3) is 4.44. The second kappa shape index (κ2) is 7.17. The normalized spacial score (nSPS) is 18.3. The number of amides is 3. The third-order valence-corrected chi connectivity index (χ3v) is 4.33. The van der Waals surface area contributed by atoms with E-state index in [1.807, 2.05) is 11.8 Å². The minimum atomic E-state index is -0.440. The minimum Gasteiger partial charge on any atom is -0.352 e. The van der Waals surface area contributed by atoms with E-state index in [4.69, 9.17) is 0 Å². The molecule has 7 heteroatoms. The van der Waals surface area contributed by atoms with Crippen LogP contribution in [0.15, 0.2) is 18.2 Å². The number of nitrogens with one attached hydrogen (secondary N) is 2. The Balaban J connectivity index is 1.46. The standard InChI is InChI=1S/C17H23FN4O2/c1-12-2-5-14(18)15(10-12)20-17(24)22-8-6-21(7-9-22)11-16(23)19-13-3-4-13/h2,5,10,13H,3-4,6-9,11H2,1H3,(H,19,23)(H,20,24). The van der Waals surface area contributed by atoms with Gasteiger partial charge < -0.3 is 15.5 Å². The van der Waals surface area contributed by atoms with Gasteiger partial charge in [-0.15, -0.1) is 0 Å². The predicted octanol–water partition coefficient (Wildman–Crippen LogP) is 1.56. The highest BCUT2D eigenvalue weighted by molar-refractivity contribution is 5.89. The number of urea groups is 1. The van der Waals surface area contributed by atoms with Gasteiger partial charge in [-0.05, 0) is 37.5 Å². The molecular weight excluding hydrogens is 311 g/mol. The monoisotopic (exact) mass is 334 g/mol. The second-order valence-electron chi connectivity index (χ2n) is 6.52. The van der Waals surface area contributed by atoms with E-state index < -0.39 is 5.82 Å². The molecule has 0 atom stereocenters. The lowest BCUT2D eigenvalue weighted by molar-refractivity contribution is -0.122. The Bertz CT molecular complexity index is 625. The average molecular weight is 334 g/mol. The van der Waals surface area contributed by atoms with Crippen molar-refractivity contribution in [2.45, 2.75) is 25.8 Å². The number of piperazine rings is 1. The van der Waals surface area contributed by atoms with Gasteiger partial charge in [-0.2, -0.15) is 0 Å². The fraction of sp³-hybridized carbons (Fsp3) is 0.529. The lowest BCUT2D eigenvalue weighted by atomic mass is 10.2. The Morgan fingerprint density at radius 2 is 1.92 bits per heavy atom. The highest BCUT2D eigenvalue weighted by atomic mass is 19.1. The molecular formula is C17H23FN4O2. The van der Waals surface area contributed by atoms with Crippen molar-refractivity contribution in [3.8, 4) is 0 Å². The maximum atomic E-state index is 13.7. The summed E-state index contributed by atoms with van der Waals surface area (Å²) in [5.41, 5.74) is 1.09. The molecule has 2 fully saturated rings. The Morgan fingerprint density at radius 1 is 1.21 bits per heavy atom. The summed E-state index contributed by atoms with van der Waals surface area (Å²) in [5, 5.41) is 5.59. The Morgan fingerprint density at radius 3 is 2.58 bits per heavy atom. The van der Waals surface area contributed by atoms with E-state index in [-0.39, 0.29) is 17.6 Å². The maximum Gasteiger partial charge on any atom is 0.322 e. The van der Waals surface area contributed by atoms with Crippen molar-refractivity contribution in [1.29, 1.82) is 0 Å². The van der Waals surface area contributed by atoms with Gasteiger partial charge >= 0.3 is 6.03 Å². The number of carbonyl (C=O) groups excluding carboxylic acids is 2. The van der Waals surface area contributed by atoms with Crippen LogP contribution in [0.25, 0.3) is 0 Å². The van der Waals surface area contributed by atoms with E-state index in [1.165, 1.54) is 6.07 Å². The summed E-state index contributed by atoms with van der Waals surface area (Å²) in [6.07, 6.45) is 2.16. The number of anilines is 1. The van der Waals surface area contributed by atoms with Crippen LogP contribution in [0.1, 0.15) is 18.4 Å². The molecule has 130 valence electrons. The SMILES string of the molecule is Cc1ccc(F)c(NC(=O)N2CCN(CC(=O)NC3CC3)CC2)c1. The van der Waals surface area contributed by atoms with E-state index >= 15 is 0 Å². The number of carbonyl (C=O) groups is 2. The molecule has 0 spiro atoms. The highest BCUT2D eigenvalue weighted by Gasteiger charge is 2.26.